The van der Waals surface area contributed by atoms with Gasteiger partial charge in [-0.3, -0.25) is 5.21 Å². The molecular formula is C13H12N2O2. The van der Waals surface area contributed by atoms with Crippen molar-refractivity contribution in [2.45, 2.75) is 6.92 Å². The molecule has 0 saturated heterocycles. The lowest BCUT2D eigenvalue weighted by Gasteiger charge is -2.17. The molecule has 86 valence electrons. The number of hydrogen-bond acceptors (Lipinski definition) is 4. The average Bonchev–Trinajstić information content (AvgIpc) is 2.39. The molecule has 0 atom stereocenters. The lowest BCUT2D eigenvalue weighted by Crippen LogP contribution is -2.09. The molecule has 0 fully saturated rings. The molecule has 0 radical (unpaired) electrons. The molecule has 2 aromatic rings. The molecule has 4 nitrogen and oxygen atoms in total. The Labute approximate surface area is 99.1 Å². The predicted molar refractivity (Wildman–Crippen MR) is 67.0 cm³/mol. The second-order valence-corrected chi connectivity index (χ2v) is 3.76. The first-order valence-electron chi connectivity index (χ1n) is 5.20. The average molecular weight is 228 g/mol. The molecule has 0 aliphatic rings. The minimum Gasteiger partial charge on any atom is -0.284 e. The highest BCUT2D eigenvalue weighted by Gasteiger charge is 2.05. The summed E-state index contributed by atoms with van der Waals surface area (Å²) >= 11 is 0. The SMILES string of the molecule is Cc1ccc(N(O)c2ccc(N=O)cc2)cc1. The van der Waals surface area contributed by atoms with Gasteiger partial charge in [0.15, 0.2) is 0 Å². The molecular weight excluding hydrogens is 216 g/mol. The molecule has 0 aliphatic carbocycles. The Kier molecular flexibility index (Phi) is 3.16. The summed E-state index contributed by atoms with van der Waals surface area (Å²) < 4.78 is 0. The van der Waals surface area contributed by atoms with Crippen molar-refractivity contribution in [2.24, 2.45) is 5.18 Å². The Morgan fingerprint density at radius 3 is 1.88 bits per heavy atom. The maximum atomic E-state index is 10.3. The fourth-order valence-electron chi connectivity index (χ4n) is 1.49. The number of rotatable bonds is 3. The van der Waals surface area contributed by atoms with E-state index in [9.17, 15) is 10.1 Å². The van der Waals surface area contributed by atoms with Crippen molar-refractivity contribution in [2.75, 3.05) is 5.06 Å². The minimum absolute atomic E-state index is 0.339. The van der Waals surface area contributed by atoms with E-state index in [-0.39, 0.29) is 0 Å². The minimum atomic E-state index is 0.339. The molecule has 2 aromatic carbocycles. The Morgan fingerprint density at radius 1 is 0.941 bits per heavy atom. The standard InChI is InChI=1S/C13H12N2O2/c1-10-2-6-12(7-3-10)15(17)13-8-4-11(14-16)5-9-13/h2-9,17H,1H3. The van der Waals surface area contributed by atoms with Crippen LogP contribution in [-0.4, -0.2) is 5.21 Å². The highest BCUT2D eigenvalue weighted by Crippen LogP contribution is 2.25. The molecule has 0 unspecified atom stereocenters. The first-order chi connectivity index (χ1) is 8.20. The van der Waals surface area contributed by atoms with Crippen LogP contribution in [0, 0.1) is 11.8 Å². The first-order valence-corrected chi connectivity index (χ1v) is 5.20. The Hall–Kier alpha value is -2.20. The molecule has 0 saturated carbocycles. The van der Waals surface area contributed by atoms with Crippen molar-refractivity contribution < 1.29 is 5.21 Å². The van der Waals surface area contributed by atoms with Crippen LogP contribution in [-0.2, 0) is 0 Å². The van der Waals surface area contributed by atoms with E-state index < -0.39 is 0 Å². The van der Waals surface area contributed by atoms with Gasteiger partial charge in [-0.15, -0.1) is 4.91 Å². The van der Waals surface area contributed by atoms with E-state index in [2.05, 4.69) is 5.18 Å². The van der Waals surface area contributed by atoms with E-state index in [1.807, 2.05) is 31.2 Å². The van der Waals surface area contributed by atoms with Gasteiger partial charge in [-0.05, 0) is 48.5 Å². The van der Waals surface area contributed by atoms with Crippen molar-refractivity contribution in [1.29, 1.82) is 0 Å². The lowest BCUT2D eigenvalue weighted by molar-refractivity contribution is 0.301. The van der Waals surface area contributed by atoms with Gasteiger partial charge >= 0.3 is 0 Å². The number of nitroso groups, excluding NO2 is 1. The van der Waals surface area contributed by atoms with Gasteiger partial charge in [0.2, 0.25) is 0 Å². The largest absolute Gasteiger partial charge is 0.284 e. The van der Waals surface area contributed by atoms with Crippen molar-refractivity contribution in [3.8, 4) is 0 Å². The maximum absolute atomic E-state index is 10.3. The van der Waals surface area contributed by atoms with Gasteiger partial charge in [-0.25, -0.2) is 5.06 Å². The van der Waals surface area contributed by atoms with Crippen LogP contribution in [0.3, 0.4) is 0 Å². The summed E-state index contributed by atoms with van der Waals surface area (Å²) in [5.74, 6) is 0. The van der Waals surface area contributed by atoms with E-state index in [0.717, 1.165) is 10.6 Å². The number of aryl methyl sites for hydroxylation is 1. The normalized spacial score (nSPS) is 10.0. The quantitative estimate of drug-likeness (QED) is 0.639. The van der Waals surface area contributed by atoms with E-state index in [0.29, 0.717) is 17.1 Å². The van der Waals surface area contributed by atoms with Gasteiger partial charge in [0.25, 0.3) is 0 Å². The van der Waals surface area contributed by atoms with Gasteiger partial charge in [0.1, 0.15) is 5.69 Å². The summed E-state index contributed by atoms with van der Waals surface area (Å²) in [6.07, 6.45) is 0. The lowest BCUT2D eigenvalue weighted by atomic mass is 10.2. The Balaban J connectivity index is 2.26. The van der Waals surface area contributed by atoms with Gasteiger partial charge in [-0.2, -0.15) is 0 Å². The van der Waals surface area contributed by atoms with Crippen LogP contribution in [0.15, 0.2) is 53.7 Å². The van der Waals surface area contributed by atoms with Crippen molar-refractivity contribution in [3.63, 3.8) is 0 Å². The van der Waals surface area contributed by atoms with Gasteiger partial charge in [0, 0.05) is 0 Å². The van der Waals surface area contributed by atoms with Gasteiger partial charge in [-0.1, -0.05) is 17.7 Å². The van der Waals surface area contributed by atoms with E-state index in [1.54, 1.807) is 24.3 Å². The summed E-state index contributed by atoms with van der Waals surface area (Å²) in [7, 11) is 0. The summed E-state index contributed by atoms with van der Waals surface area (Å²) in [4.78, 5) is 10.3. The Bertz CT molecular complexity index is 506. The Morgan fingerprint density at radius 2 is 1.41 bits per heavy atom. The number of anilines is 2. The van der Waals surface area contributed by atoms with Crippen LogP contribution in [0.5, 0.6) is 0 Å². The first kappa shape index (κ1) is 11.3. The van der Waals surface area contributed by atoms with Gasteiger partial charge in [0.05, 0.1) is 11.4 Å². The molecule has 4 heteroatoms. The summed E-state index contributed by atoms with van der Waals surface area (Å²) in [6, 6.07) is 13.9. The summed E-state index contributed by atoms with van der Waals surface area (Å²) in [5, 5.41) is 13.8. The van der Waals surface area contributed by atoms with Crippen LogP contribution >= 0.6 is 0 Å². The van der Waals surface area contributed by atoms with Crippen molar-refractivity contribution >= 4 is 17.1 Å². The second-order valence-electron chi connectivity index (χ2n) is 3.76. The highest BCUT2D eigenvalue weighted by atomic mass is 16.5. The molecule has 17 heavy (non-hydrogen) atoms. The number of nitrogens with zero attached hydrogens (tertiary/aromatic N) is 2. The second kappa shape index (κ2) is 4.76. The van der Waals surface area contributed by atoms with Crippen molar-refractivity contribution in [1.82, 2.24) is 0 Å². The third kappa shape index (κ3) is 2.49. The van der Waals surface area contributed by atoms with E-state index >= 15 is 0 Å². The number of hydrogen-bond donors (Lipinski definition) is 1. The van der Waals surface area contributed by atoms with Gasteiger partial charge < -0.3 is 0 Å². The molecule has 0 amide bonds. The molecule has 0 bridgehead atoms. The smallest absolute Gasteiger partial charge is 0.108 e. The maximum Gasteiger partial charge on any atom is 0.108 e. The molecule has 2 rings (SSSR count). The topological polar surface area (TPSA) is 52.9 Å². The fourth-order valence-corrected chi connectivity index (χ4v) is 1.49. The zero-order valence-electron chi connectivity index (χ0n) is 9.37. The third-order valence-corrected chi connectivity index (χ3v) is 2.48. The number of benzene rings is 2. The van der Waals surface area contributed by atoms with Crippen LogP contribution < -0.4 is 5.06 Å². The van der Waals surface area contributed by atoms with Crippen LogP contribution in [0.25, 0.3) is 0 Å². The molecule has 0 spiro atoms. The van der Waals surface area contributed by atoms with Crippen molar-refractivity contribution in [3.05, 3.63) is 59.0 Å². The predicted octanol–water partition coefficient (Wildman–Crippen LogP) is 3.92. The highest BCUT2D eigenvalue weighted by molar-refractivity contribution is 5.62. The zero-order chi connectivity index (χ0) is 12.3. The summed E-state index contributed by atoms with van der Waals surface area (Å²) in [5.41, 5.74) is 2.72. The van der Waals surface area contributed by atoms with Crippen LogP contribution in [0.2, 0.25) is 0 Å². The van der Waals surface area contributed by atoms with Crippen LogP contribution in [0.4, 0.5) is 17.1 Å². The molecule has 0 aliphatic heterocycles. The third-order valence-electron chi connectivity index (χ3n) is 2.48. The van der Waals surface area contributed by atoms with E-state index in [1.165, 1.54) is 0 Å². The van der Waals surface area contributed by atoms with E-state index in [4.69, 9.17) is 0 Å². The molecule has 0 heterocycles. The fraction of sp³-hybridized carbons (Fsp3) is 0.0769. The summed E-state index contributed by atoms with van der Waals surface area (Å²) in [6.45, 7) is 1.98. The molecule has 0 aromatic heterocycles. The zero-order valence-corrected chi connectivity index (χ0v) is 9.37. The molecule has 1 N–H and O–H groups in total. The van der Waals surface area contributed by atoms with Crippen LogP contribution in [0.1, 0.15) is 5.56 Å². The monoisotopic (exact) mass is 228 g/mol.